The molecule has 0 unspecified atom stereocenters. The number of hydrogen-bond acceptors (Lipinski definition) is 7. The van der Waals surface area contributed by atoms with Gasteiger partial charge in [-0.25, -0.2) is 13.4 Å². The van der Waals surface area contributed by atoms with Gasteiger partial charge in [0.05, 0.1) is 11.2 Å². The van der Waals surface area contributed by atoms with Crippen LogP contribution in [-0.4, -0.2) is 51.5 Å². The molecule has 0 aliphatic heterocycles. The SMILES string of the molecule is CCc1c(C)nc(-n2nc(-c3ccco3)cc2NC(=O)c2ccc(S(=O)(=O)N(CC)CC)cc2)[nH]c1=O. The lowest BCUT2D eigenvalue weighted by Gasteiger charge is -2.18. The van der Waals surface area contributed by atoms with Gasteiger partial charge in [-0.3, -0.25) is 14.6 Å². The summed E-state index contributed by atoms with van der Waals surface area (Å²) in [5.41, 5.74) is 1.49. The molecule has 0 atom stereocenters. The van der Waals surface area contributed by atoms with E-state index in [1.165, 1.54) is 39.5 Å². The van der Waals surface area contributed by atoms with Gasteiger partial charge in [0.1, 0.15) is 11.5 Å². The Kier molecular flexibility index (Phi) is 7.41. The van der Waals surface area contributed by atoms with E-state index in [2.05, 4.69) is 20.4 Å². The Labute approximate surface area is 214 Å². The molecule has 1 aromatic carbocycles. The number of aromatic amines is 1. The van der Waals surface area contributed by atoms with Crippen LogP contribution in [0.15, 0.2) is 62.8 Å². The van der Waals surface area contributed by atoms with Crippen molar-refractivity contribution in [3.8, 4) is 17.4 Å². The number of aryl methyl sites for hydroxylation is 1. The fraction of sp³-hybridized carbons (Fsp3) is 0.280. The summed E-state index contributed by atoms with van der Waals surface area (Å²) in [6.45, 7) is 7.83. The third-order valence-electron chi connectivity index (χ3n) is 5.95. The number of aromatic nitrogens is 4. The van der Waals surface area contributed by atoms with Crippen molar-refractivity contribution in [3.63, 3.8) is 0 Å². The zero-order valence-corrected chi connectivity index (χ0v) is 21.8. The van der Waals surface area contributed by atoms with Crippen LogP contribution in [0.25, 0.3) is 17.4 Å². The van der Waals surface area contributed by atoms with Crippen LogP contribution in [0.1, 0.15) is 42.4 Å². The number of hydrogen-bond donors (Lipinski definition) is 2. The average molecular weight is 525 g/mol. The van der Waals surface area contributed by atoms with Crippen molar-refractivity contribution in [2.45, 2.75) is 39.0 Å². The van der Waals surface area contributed by atoms with E-state index in [-0.39, 0.29) is 27.8 Å². The van der Waals surface area contributed by atoms with Gasteiger partial charge in [0.15, 0.2) is 5.76 Å². The van der Waals surface area contributed by atoms with E-state index in [0.717, 1.165) is 0 Å². The molecule has 0 saturated heterocycles. The molecule has 4 aromatic rings. The number of anilines is 1. The van der Waals surface area contributed by atoms with Crippen molar-refractivity contribution in [1.29, 1.82) is 0 Å². The monoisotopic (exact) mass is 524 g/mol. The number of rotatable bonds is 9. The number of amides is 1. The van der Waals surface area contributed by atoms with Crippen LogP contribution < -0.4 is 10.9 Å². The minimum atomic E-state index is -3.65. The Morgan fingerprint density at radius 1 is 1.14 bits per heavy atom. The molecular weight excluding hydrogens is 496 g/mol. The standard InChI is InChI=1S/C25H28N6O5S/c1-5-19-16(4)26-25(28-24(19)33)31-22(15-20(29-31)21-9-8-14-36-21)27-23(32)17-10-12-18(13-11-17)37(34,35)30(6-2)7-3/h8-15H,5-7H2,1-4H3,(H,27,32)(H,26,28,33). The Morgan fingerprint density at radius 3 is 2.41 bits per heavy atom. The summed E-state index contributed by atoms with van der Waals surface area (Å²) in [5.74, 6) is 0.337. The molecule has 4 rings (SSSR count). The molecule has 37 heavy (non-hydrogen) atoms. The van der Waals surface area contributed by atoms with Crippen molar-refractivity contribution in [2.24, 2.45) is 0 Å². The lowest BCUT2D eigenvalue weighted by atomic mass is 10.2. The van der Waals surface area contributed by atoms with Crippen molar-refractivity contribution in [1.82, 2.24) is 24.1 Å². The molecule has 2 N–H and O–H groups in total. The molecule has 3 aromatic heterocycles. The Balaban J connectivity index is 1.69. The van der Waals surface area contributed by atoms with E-state index in [1.54, 1.807) is 39.0 Å². The fourth-order valence-corrected chi connectivity index (χ4v) is 5.43. The van der Waals surface area contributed by atoms with Crippen LogP contribution in [-0.2, 0) is 16.4 Å². The van der Waals surface area contributed by atoms with Crippen molar-refractivity contribution >= 4 is 21.7 Å². The average Bonchev–Trinajstić information content (AvgIpc) is 3.55. The van der Waals surface area contributed by atoms with Crippen LogP contribution in [0.4, 0.5) is 5.82 Å². The summed E-state index contributed by atoms with van der Waals surface area (Å²) >= 11 is 0. The molecule has 11 nitrogen and oxygen atoms in total. The third-order valence-corrected chi connectivity index (χ3v) is 8.01. The molecule has 3 heterocycles. The lowest BCUT2D eigenvalue weighted by molar-refractivity contribution is 0.102. The van der Waals surface area contributed by atoms with E-state index in [4.69, 9.17) is 4.42 Å². The summed E-state index contributed by atoms with van der Waals surface area (Å²) < 4.78 is 33.6. The molecule has 0 radical (unpaired) electrons. The van der Waals surface area contributed by atoms with Gasteiger partial charge in [-0.2, -0.15) is 14.1 Å². The maximum atomic E-state index is 13.1. The molecule has 0 bridgehead atoms. The number of sulfonamides is 1. The molecule has 0 aliphatic carbocycles. The highest BCUT2D eigenvalue weighted by atomic mass is 32.2. The van der Waals surface area contributed by atoms with Gasteiger partial charge in [-0.15, -0.1) is 0 Å². The first-order valence-corrected chi connectivity index (χ1v) is 13.3. The number of benzene rings is 1. The molecule has 0 spiro atoms. The highest BCUT2D eigenvalue weighted by Gasteiger charge is 2.23. The van der Waals surface area contributed by atoms with E-state index < -0.39 is 15.9 Å². The maximum absolute atomic E-state index is 13.1. The highest BCUT2D eigenvalue weighted by Crippen LogP contribution is 2.25. The second kappa shape index (κ2) is 10.5. The Bertz CT molecular complexity index is 1570. The van der Waals surface area contributed by atoms with Crippen LogP contribution in [0.2, 0.25) is 0 Å². The van der Waals surface area contributed by atoms with Gasteiger partial charge >= 0.3 is 0 Å². The second-order valence-corrected chi connectivity index (χ2v) is 10.1. The van der Waals surface area contributed by atoms with Crippen LogP contribution in [0.5, 0.6) is 0 Å². The normalized spacial score (nSPS) is 11.7. The maximum Gasteiger partial charge on any atom is 0.256 e. The zero-order chi connectivity index (χ0) is 26.7. The van der Waals surface area contributed by atoms with Crippen molar-refractivity contribution in [3.05, 3.63) is 75.9 Å². The minimum absolute atomic E-state index is 0.103. The largest absolute Gasteiger partial charge is 0.463 e. The number of furan rings is 1. The molecular formula is C25H28N6O5S. The van der Waals surface area contributed by atoms with Gasteiger partial charge in [-0.1, -0.05) is 20.8 Å². The summed E-state index contributed by atoms with van der Waals surface area (Å²) in [6.07, 6.45) is 2.02. The van der Waals surface area contributed by atoms with E-state index >= 15 is 0 Å². The molecule has 0 aliphatic rings. The number of carbonyl (C=O) groups is 1. The summed E-state index contributed by atoms with van der Waals surface area (Å²) in [4.78, 5) is 33.0. The summed E-state index contributed by atoms with van der Waals surface area (Å²) in [6, 6.07) is 10.7. The summed E-state index contributed by atoms with van der Waals surface area (Å²) in [7, 11) is -3.65. The van der Waals surface area contributed by atoms with Gasteiger partial charge in [-0.05, 0) is 49.7 Å². The zero-order valence-electron chi connectivity index (χ0n) is 21.0. The fourth-order valence-electron chi connectivity index (χ4n) is 3.97. The van der Waals surface area contributed by atoms with Crippen molar-refractivity contribution < 1.29 is 17.6 Å². The number of H-pyrrole nitrogens is 1. The van der Waals surface area contributed by atoms with E-state index in [1.807, 2.05) is 6.92 Å². The van der Waals surface area contributed by atoms with Crippen LogP contribution in [0, 0.1) is 6.92 Å². The van der Waals surface area contributed by atoms with E-state index in [9.17, 15) is 18.0 Å². The topological polar surface area (TPSA) is 143 Å². The predicted octanol–water partition coefficient (Wildman–Crippen LogP) is 3.37. The van der Waals surface area contributed by atoms with Gasteiger partial charge < -0.3 is 9.73 Å². The summed E-state index contributed by atoms with van der Waals surface area (Å²) in [5, 5.41) is 7.26. The predicted molar refractivity (Wildman–Crippen MR) is 138 cm³/mol. The first kappa shape index (κ1) is 26.0. The van der Waals surface area contributed by atoms with Crippen LogP contribution in [0.3, 0.4) is 0 Å². The second-order valence-electron chi connectivity index (χ2n) is 8.18. The molecule has 0 saturated carbocycles. The third kappa shape index (κ3) is 5.11. The highest BCUT2D eigenvalue weighted by molar-refractivity contribution is 7.89. The molecule has 12 heteroatoms. The Hall–Kier alpha value is -4.03. The quantitative estimate of drug-likeness (QED) is 0.342. The lowest BCUT2D eigenvalue weighted by Crippen LogP contribution is -2.30. The smallest absolute Gasteiger partial charge is 0.256 e. The Morgan fingerprint density at radius 2 is 1.84 bits per heavy atom. The van der Waals surface area contributed by atoms with E-state index in [0.29, 0.717) is 42.2 Å². The molecule has 0 fully saturated rings. The molecule has 194 valence electrons. The van der Waals surface area contributed by atoms with Gasteiger partial charge in [0.2, 0.25) is 16.0 Å². The van der Waals surface area contributed by atoms with Gasteiger partial charge in [0.25, 0.3) is 11.5 Å². The number of carbonyl (C=O) groups excluding carboxylic acids is 1. The first-order chi connectivity index (χ1) is 17.7. The number of nitrogens with zero attached hydrogens (tertiary/aromatic N) is 4. The van der Waals surface area contributed by atoms with Crippen molar-refractivity contribution in [2.75, 3.05) is 18.4 Å². The molecule has 1 amide bonds. The minimum Gasteiger partial charge on any atom is -0.463 e. The number of nitrogens with one attached hydrogen (secondary N) is 2. The first-order valence-electron chi connectivity index (χ1n) is 11.8. The van der Waals surface area contributed by atoms with Crippen LogP contribution >= 0.6 is 0 Å². The van der Waals surface area contributed by atoms with Gasteiger partial charge in [0, 0.05) is 36.0 Å².